The van der Waals surface area contributed by atoms with Gasteiger partial charge in [-0.05, 0) is 36.4 Å². The van der Waals surface area contributed by atoms with Gasteiger partial charge >= 0.3 is 0 Å². The first-order chi connectivity index (χ1) is 11.5. The molecule has 2 aromatic heterocycles. The molecule has 0 aliphatic carbocycles. The van der Waals surface area contributed by atoms with Gasteiger partial charge in [0.25, 0.3) is 5.91 Å². The molecule has 0 spiro atoms. The van der Waals surface area contributed by atoms with Crippen molar-refractivity contribution in [3.63, 3.8) is 0 Å². The van der Waals surface area contributed by atoms with Crippen LogP contribution in [0.3, 0.4) is 0 Å². The zero-order chi connectivity index (χ0) is 17.1. The van der Waals surface area contributed by atoms with Gasteiger partial charge < -0.3 is 9.84 Å². The fraction of sp³-hybridized carbons (Fsp3) is 0.278. The van der Waals surface area contributed by atoms with E-state index in [2.05, 4.69) is 15.5 Å². The van der Waals surface area contributed by atoms with Gasteiger partial charge in [0.2, 0.25) is 11.7 Å². The lowest BCUT2D eigenvalue weighted by atomic mass is 10.0. The van der Waals surface area contributed by atoms with Crippen molar-refractivity contribution in [2.24, 2.45) is 5.92 Å². The quantitative estimate of drug-likeness (QED) is 0.754. The number of carbonyl (C=O) groups excluding carboxylic acids is 1. The van der Waals surface area contributed by atoms with Crippen molar-refractivity contribution in [1.82, 2.24) is 15.5 Å². The third-order valence-electron chi connectivity index (χ3n) is 3.75. The number of amides is 1. The van der Waals surface area contributed by atoms with Crippen molar-refractivity contribution >= 4 is 17.2 Å². The highest BCUT2D eigenvalue weighted by Crippen LogP contribution is 2.25. The van der Waals surface area contributed by atoms with Gasteiger partial charge in [-0.25, -0.2) is 0 Å². The van der Waals surface area contributed by atoms with Crippen molar-refractivity contribution < 1.29 is 9.32 Å². The minimum Gasteiger partial charge on any atom is -0.340 e. The highest BCUT2D eigenvalue weighted by atomic mass is 32.1. The normalized spacial score (nSPS) is 12.3. The van der Waals surface area contributed by atoms with Crippen LogP contribution in [0.1, 0.15) is 41.7 Å². The highest BCUT2D eigenvalue weighted by Gasteiger charge is 2.25. The van der Waals surface area contributed by atoms with E-state index in [0.717, 1.165) is 11.1 Å². The first kappa shape index (κ1) is 16.4. The summed E-state index contributed by atoms with van der Waals surface area (Å²) in [6.07, 6.45) is 0. The van der Waals surface area contributed by atoms with E-state index in [4.69, 9.17) is 4.52 Å². The van der Waals surface area contributed by atoms with Crippen molar-refractivity contribution in [1.29, 1.82) is 0 Å². The molecule has 24 heavy (non-hydrogen) atoms. The fourth-order valence-electron chi connectivity index (χ4n) is 2.31. The van der Waals surface area contributed by atoms with Crippen LogP contribution in [0.15, 0.2) is 45.6 Å². The summed E-state index contributed by atoms with van der Waals surface area (Å²) in [7, 11) is 0. The van der Waals surface area contributed by atoms with Gasteiger partial charge in [0.05, 0.1) is 0 Å². The molecule has 0 aliphatic rings. The molecule has 1 aromatic carbocycles. The maximum atomic E-state index is 12.5. The van der Waals surface area contributed by atoms with Crippen molar-refractivity contribution in [3.05, 3.63) is 58.1 Å². The van der Waals surface area contributed by atoms with Crippen LogP contribution in [0, 0.1) is 12.8 Å². The lowest BCUT2D eigenvalue weighted by molar-refractivity contribution is 0.0914. The number of hydrogen-bond donors (Lipinski definition) is 1. The van der Waals surface area contributed by atoms with Crippen LogP contribution in [0.25, 0.3) is 11.4 Å². The van der Waals surface area contributed by atoms with E-state index in [0.29, 0.717) is 17.3 Å². The van der Waals surface area contributed by atoms with Gasteiger partial charge in [0, 0.05) is 16.5 Å². The Morgan fingerprint density at radius 1 is 1.21 bits per heavy atom. The average molecular weight is 341 g/mol. The lowest BCUT2D eigenvalue weighted by Gasteiger charge is -2.18. The predicted octanol–water partition coefficient (Wildman–Crippen LogP) is 4.23. The number of thiophene rings is 1. The van der Waals surface area contributed by atoms with Crippen LogP contribution >= 0.6 is 11.3 Å². The Bertz CT molecular complexity index is 807. The Hall–Kier alpha value is -2.47. The summed E-state index contributed by atoms with van der Waals surface area (Å²) in [5.41, 5.74) is 2.65. The smallest absolute Gasteiger partial charge is 0.251 e. The Labute approximate surface area is 144 Å². The number of hydrogen-bond acceptors (Lipinski definition) is 5. The summed E-state index contributed by atoms with van der Waals surface area (Å²) >= 11 is 1.58. The van der Waals surface area contributed by atoms with Crippen molar-refractivity contribution in [2.75, 3.05) is 0 Å². The molecule has 0 radical (unpaired) electrons. The van der Waals surface area contributed by atoms with Gasteiger partial charge in [-0.2, -0.15) is 16.3 Å². The van der Waals surface area contributed by atoms with Crippen LogP contribution in [0.2, 0.25) is 0 Å². The number of nitrogens with zero attached hydrogens (tertiary/aromatic N) is 2. The minimum atomic E-state index is -0.335. The molecule has 0 aliphatic heterocycles. The summed E-state index contributed by atoms with van der Waals surface area (Å²) in [5, 5.41) is 10.9. The largest absolute Gasteiger partial charge is 0.340 e. The number of rotatable bonds is 5. The monoisotopic (exact) mass is 341 g/mol. The van der Waals surface area contributed by atoms with Crippen LogP contribution in [0.4, 0.5) is 0 Å². The molecule has 6 heteroatoms. The number of aromatic nitrogens is 2. The number of aryl methyl sites for hydroxylation is 1. The second-order valence-corrected chi connectivity index (χ2v) is 6.81. The summed E-state index contributed by atoms with van der Waals surface area (Å²) in [5.74, 6) is 0.937. The molecule has 0 saturated heterocycles. The Morgan fingerprint density at radius 3 is 2.58 bits per heavy atom. The molecule has 124 valence electrons. The third-order valence-corrected chi connectivity index (χ3v) is 4.44. The van der Waals surface area contributed by atoms with E-state index >= 15 is 0 Å². The first-order valence-corrected chi connectivity index (χ1v) is 8.72. The maximum Gasteiger partial charge on any atom is 0.251 e. The van der Waals surface area contributed by atoms with Crippen molar-refractivity contribution in [3.8, 4) is 11.4 Å². The van der Waals surface area contributed by atoms with Crippen LogP contribution in [-0.4, -0.2) is 16.0 Å². The molecular weight excluding hydrogens is 322 g/mol. The van der Waals surface area contributed by atoms with Crippen LogP contribution in [-0.2, 0) is 0 Å². The molecule has 0 bridgehead atoms. The Morgan fingerprint density at radius 2 is 1.96 bits per heavy atom. The van der Waals surface area contributed by atoms with Crippen molar-refractivity contribution in [2.45, 2.75) is 26.8 Å². The second-order valence-electron chi connectivity index (χ2n) is 6.03. The molecule has 0 unspecified atom stereocenters. The third kappa shape index (κ3) is 3.54. The van der Waals surface area contributed by atoms with E-state index in [1.807, 2.05) is 61.9 Å². The van der Waals surface area contributed by atoms with E-state index < -0.39 is 0 Å². The summed E-state index contributed by atoms with van der Waals surface area (Å²) < 4.78 is 5.40. The number of nitrogens with one attached hydrogen (secondary N) is 1. The van der Waals surface area contributed by atoms with Gasteiger partial charge in [0.15, 0.2) is 0 Å². The molecule has 2 heterocycles. The molecule has 1 atom stereocenters. The van der Waals surface area contributed by atoms with Gasteiger partial charge in [-0.3, -0.25) is 4.79 Å². The van der Waals surface area contributed by atoms with Gasteiger partial charge in [0.1, 0.15) is 6.04 Å². The molecule has 0 fully saturated rings. The standard InChI is InChI=1S/C18H19N3O2S/c1-11(2)15(19-17(22)13-6-4-12(3)5-7-13)18-20-16(21-23-18)14-8-9-24-10-14/h4-11,15H,1-3H3,(H,19,22)/t15-/m0/s1. The van der Waals surface area contributed by atoms with Gasteiger partial charge in [-0.15, -0.1) is 0 Å². The summed E-state index contributed by atoms with van der Waals surface area (Å²) in [6, 6.07) is 9.06. The number of carbonyl (C=O) groups is 1. The Balaban J connectivity index is 1.80. The maximum absolute atomic E-state index is 12.5. The molecule has 3 rings (SSSR count). The van der Waals surface area contributed by atoms with E-state index in [1.165, 1.54) is 0 Å². The topological polar surface area (TPSA) is 68.0 Å². The molecule has 1 N–H and O–H groups in total. The SMILES string of the molecule is Cc1ccc(C(=O)N[C@H](c2nc(-c3ccsc3)no2)C(C)C)cc1. The predicted molar refractivity (Wildman–Crippen MR) is 93.8 cm³/mol. The zero-order valence-corrected chi connectivity index (χ0v) is 14.6. The molecule has 3 aromatic rings. The summed E-state index contributed by atoms with van der Waals surface area (Å²) in [6.45, 7) is 6.01. The van der Waals surface area contributed by atoms with E-state index in [1.54, 1.807) is 11.3 Å². The van der Waals surface area contributed by atoms with E-state index in [-0.39, 0.29) is 17.9 Å². The molecule has 5 nitrogen and oxygen atoms in total. The minimum absolute atomic E-state index is 0.121. The Kier molecular flexibility index (Phi) is 4.76. The first-order valence-electron chi connectivity index (χ1n) is 7.78. The van der Waals surface area contributed by atoms with Gasteiger partial charge in [-0.1, -0.05) is 36.7 Å². The number of benzene rings is 1. The fourth-order valence-corrected chi connectivity index (χ4v) is 2.95. The molecule has 0 saturated carbocycles. The highest BCUT2D eigenvalue weighted by molar-refractivity contribution is 7.08. The molecular formula is C18H19N3O2S. The van der Waals surface area contributed by atoms with E-state index in [9.17, 15) is 4.79 Å². The molecule has 1 amide bonds. The van der Waals surface area contributed by atoms with Crippen LogP contribution < -0.4 is 5.32 Å². The summed E-state index contributed by atoms with van der Waals surface area (Å²) in [4.78, 5) is 16.9. The zero-order valence-electron chi connectivity index (χ0n) is 13.8. The lowest BCUT2D eigenvalue weighted by Crippen LogP contribution is -2.32. The second kappa shape index (κ2) is 6.97. The average Bonchev–Trinajstić information content (AvgIpc) is 3.23. The van der Waals surface area contributed by atoms with Crippen LogP contribution in [0.5, 0.6) is 0 Å².